The van der Waals surface area contributed by atoms with Crippen molar-refractivity contribution in [3.8, 4) is 43.6 Å². The molecule has 0 saturated carbocycles. The van der Waals surface area contributed by atoms with Gasteiger partial charge >= 0.3 is 0 Å². The molecule has 67 heavy (non-hydrogen) atoms. The zero-order valence-electron chi connectivity index (χ0n) is 36.9. The molecule has 0 fully saturated rings. The van der Waals surface area contributed by atoms with Crippen molar-refractivity contribution in [1.29, 1.82) is 0 Å². The molecule has 4 nitrogen and oxygen atoms in total. The van der Waals surface area contributed by atoms with Crippen molar-refractivity contribution in [2.45, 2.75) is 19.3 Å². The van der Waals surface area contributed by atoms with Gasteiger partial charge in [0.05, 0.1) is 22.1 Å². The number of nitrogens with zero attached hydrogens (tertiary/aromatic N) is 4. The monoisotopic (exact) mass is 894 g/mol. The molecule has 0 bridgehead atoms. The molecule has 1 aliphatic rings. The third kappa shape index (κ3) is 6.63. The van der Waals surface area contributed by atoms with Gasteiger partial charge in [-0.25, -0.2) is 9.97 Å². The minimum Gasteiger partial charge on any atom is -0.294 e. The minimum atomic E-state index is -0.124. The molecular weight excluding hydrogens is 853 g/mol. The second kappa shape index (κ2) is 15.6. The van der Waals surface area contributed by atoms with Crippen molar-refractivity contribution >= 4 is 90.6 Å². The van der Waals surface area contributed by atoms with Crippen LogP contribution in [0.4, 0.5) is 0 Å². The Kier molecular flexibility index (Phi) is 9.20. The summed E-state index contributed by atoms with van der Waals surface area (Å²) in [6.45, 7) is 4.73. The molecule has 6 aromatic heterocycles. The Labute approximate surface area is 396 Å². The minimum absolute atomic E-state index is 0.124. The SMILES string of the molecule is CC1(C)c2cc(C=Cc3ccc(-c4ccc5c(c4)c4ccccc4n5-c4ccccn4)s3)ccc2-c2ccc(C=Cc3ccc(-c4ccc5c(c4)c4ccccc4n5-c4ccccn4)s3)cc21. The number of rotatable bonds is 8. The number of pyridine rings is 2. The van der Waals surface area contributed by atoms with E-state index in [0.717, 1.165) is 22.7 Å². The van der Waals surface area contributed by atoms with E-state index in [9.17, 15) is 0 Å². The lowest BCUT2D eigenvalue weighted by molar-refractivity contribution is 0.660. The van der Waals surface area contributed by atoms with Crippen molar-refractivity contribution in [1.82, 2.24) is 19.1 Å². The molecular formula is C61H42N4S2. The highest BCUT2D eigenvalue weighted by Crippen LogP contribution is 2.49. The summed E-state index contributed by atoms with van der Waals surface area (Å²) >= 11 is 3.66. The van der Waals surface area contributed by atoms with E-state index < -0.39 is 0 Å². The van der Waals surface area contributed by atoms with E-state index >= 15 is 0 Å². The van der Waals surface area contributed by atoms with Crippen LogP contribution in [0.1, 0.15) is 45.9 Å². The van der Waals surface area contributed by atoms with Crippen LogP contribution < -0.4 is 0 Å². The van der Waals surface area contributed by atoms with Crippen molar-refractivity contribution in [2.24, 2.45) is 0 Å². The van der Waals surface area contributed by atoms with E-state index in [1.165, 1.54) is 96.6 Å². The molecule has 0 amide bonds. The lowest BCUT2D eigenvalue weighted by Crippen LogP contribution is -2.15. The van der Waals surface area contributed by atoms with Crippen LogP contribution in [0.25, 0.3) is 112 Å². The Morgan fingerprint density at radius 1 is 0.403 bits per heavy atom. The number of benzene rings is 6. The smallest absolute Gasteiger partial charge is 0.137 e. The predicted molar refractivity (Wildman–Crippen MR) is 286 cm³/mol. The first-order valence-electron chi connectivity index (χ1n) is 22.7. The largest absolute Gasteiger partial charge is 0.294 e. The van der Waals surface area contributed by atoms with Crippen LogP contribution in [0.15, 0.2) is 194 Å². The fourth-order valence-corrected chi connectivity index (χ4v) is 12.1. The zero-order chi connectivity index (χ0) is 44.6. The maximum Gasteiger partial charge on any atom is 0.137 e. The summed E-state index contributed by atoms with van der Waals surface area (Å²) in [5.41, 5.74) is 14.8. The molecule has 0 aliphatic heterocycles. The molecule has 6 heterocycles. The first-order chi connectivity index (χ1) is 32.9. The average Bonchev–Trinajstić information content (AvgIpc) is 4.21. The molecule has 0 atom stereocenters. The summed E-state index contributed by atoms with van der Waals surface area (Å²) in [4.78, 5) is 14.3. The molecule has 6 heteroatoms. The molecule has 318 valence electrons. The molecule has 0 N–H and O–H groups in total. The van der Waals surface area contributed by atoms with E-state index in [-0.39, 0.29) is 5.41 Å². The second-order valence-electron chi connectivity index (χ2n) is 17.9. The van der Waals surface area contributed by atoms with Gasteiger partial charge < -0.3 is 0 Å². The summed E-state index contributed by atoms with van der Waals surface area (Å²) in [6.07, 6.45) is 12.8. The topological polar surface area (TPSA) is 35.6 Å². The molecule has 0 spiro atoms. The fraction of sp³-hybridized carbons (Fsp3) is 0.0492. The van der Waals surface area contributed by atoms with Gasteiger partial charge in [0.2, 0.25) is 0 Å². The van der Waals surface area contributed by atoms with Gasteiger partial charge in [-0.1, -0.05) is 123 Å². The zero-order valence-corrected chi connectivity index (χ0v) is 38.5. The van der Waals surface area contributed by atoms with Gasteiger partial charge in [0.25, 0.3) is 0 Å². The highest BCUT2D eigenvalue weighted by molar-refractivity contribution is 7.16. The Hall–Kier alpha value is -7.90. The summed E-state index contributed by atoms with van der Waals surface area (Å²) in [6, 6.07) is 65.9. The van der Waals surface area contributed by atoms with Gasteiger partial charge in [-0.15, -0.1) is 22.7 Å². The van der Waals surface area contributed by atoms with Gasteiger partial charge in [-0.3, -0.25) is 9.13 Å². The van der Waals surface area contributed by atoms with E-state index in [4.69, 9.17) is 0 Å². The average molecular weight is 895 g/mol. The summed E-state index contributed by atoms with van der Waals surface area (Å²) in [5, 5.41) is 4.94. The maximum atomic E-state index is 4.69. The predicted octanol–water partition coefficient (Wildman–Crippen LogP) is 16.8. The van der Waals surface area contributed by atoms with Crippen LogP contribution >= 0.6 is 22.7 Å². The molecule has 0 radical (unpaired) electrons. The molecule has 0 unspecified atom stereocenters. The highest BCUT2D eigenvalue weighted by atomic mass is 32.1. The summed E-state index contributed by atoms with van der Waals surface area (Å²) < 4.78 is 4.52. The van der Waals surface area contributed by atoms with Crippen LogP contribution in [0.5, 0.6) is 0 Å². The van der Waals surface area contributed by atoms with Gasteiger partial charge in [0.1, 0.15) is 11.6 Å². The third-order valence-corrected chi connectivity index (χ3v) is 15.7. The molecule has 12 aromatic rings. The Morgan fingerprint density at radius 2 is 0.851 bits per heavy atom. The summed E-state index contributed by atoms with van der Waals surface area (Å²) in [5.74, 6) is 1.86. The van der Waals surface area contributed by atoms with Crippen molar-refractivity contribution in [3.05, 3.63) is 226 Å². The molecule has 6 aromatic carbocycles. The maximum absolute atomic E-state index is 4.69. The van der Waals surface area contributed by atoms with E-state index in [1.807, 2.05) is 59.3 Å². The Bertz CT molecular complexity index is 3700. The number of aromatic nitrogens is 4. The van der Waals surface area contributed by atoms with Crippen molar-refractivity contribution < 1.29 is 0 Å². The van der Waals surface area contributed by atoms with Crippen LogP contribution in [0, 0.1) is 0 Å². The third-order valence-electron chi connectivity index (χ3n) is 13.5. The van der Waals surface area contributed by atoms with Gasteiger partial charge in [0, 0.05) is 58.9 Å². The number of hydrogen-bond acceptors (Lipinski definition) is 4. The standard InChI is InChI=1S/C61H42N4S2/c1-61(2)51-35-39(17-23-43-25-31-57(66-43)41-21-29-55-49(37-41)47-11-3-5-13-53(47)64(55)59-15-7-9-33-62-59)19-27-45(51)46-28-20-40(36-52(46)61)18-24-44-26-32-58(67-44)42-22-30-56-50(38-42)48-12-4-6-14-54(48)65(56)60-16-8-10-34-63-60/h3-38H,1-2H3. The van der Waals surface area contributed by atoms with Crippen LogP contribution in [-0.2, 0) is 5.41 Å². The van der Waals surface area contributed by atoms with E-state index in [1.54, 1.807) is 0 Å². The number of hydrogen-bond donors (Lipinski definition) is 0. The highest BCUT2D eigenvalue weighted by Gasteiger charge is 2.35. The van der Waals surface area contributed by atoms with E-state index in [2.05, 4.69) is 215 Å². The van der Waals surface area contributed by atoms with Crippen molar-refractivity contribution in [3.63, 3.8) is 0 Å². The molecule has 13 rings (SSSR count). The van der Waals surface area contributed by atoms with E-state index in [0.29, 0.717) is 0 Å². The lowest BCUT2D eigenvalue weighted by atomic mass is 9.81. The first kappa shape index (κ1) is 39.5. The van der Waals surface area contributed by atoms with Gasteiger partial charge in [-0.05, 0) is 142 Å². The number of thiophene rings is 2. The van der Waals surface area contributed by atoms with Gasteiger partial charge in [0.15, 0.2) is 0 Å². The Morgan fingerprint density at radius 3 is 1.31 bits per heavy atom. The lowest BCUT2D eigenvalue weighted by Gasteiger charge is -2.22. The first-order valence-corrected chi connectivity index (χ1v) is 24.3. The van der Waals surface area contributed by atoms with Crippen LogP contribution in [-0.4, -0.2) is 19.1 Å². The molecule has 1 aliphatic carbocycles. The Balaban J connectivity index is 0.732. The van der Waals surface area contributed by atoms with Gasteiger partial charge in [-0.2, -0.15) is 0 Å². The van der Waals surface area contributed by atoms with Crippen molar-refractivity contribution in [2.75, 3.05) is 0 Å². The second-order valence-corrected chi connectivity index (χ2v) is 20.1. The normalized spacial score (nSPS) is 13.2. The number of fused-ring (bicyclic) bond motifs is 9. The molecule has 0 saturated heterocycles. The van der Waals surface area contributed by atoms with Crippen LogP contribution in [0.3, 0.4) is 0 Å². The fourth-order valence-electron chi connectivity index (χ4n) is 10.2. The summed E-state index contributed by atoms with van der Waals surface area (Å²) in [7, 11) is 0. The number of para-hydroxylation sites is 2. The quantitative estimate of drug-likeness (QED) is 0.152. The van der Waals surface area contributed by atoms with Crippen LogP contribution in [0.2, 0.25) is 0 Å².